The van der Waals surface area contributed by atoms with Crippen LogP contribution in [0.5, 0.6) is 0 Å². The van der Waals surface area contributed by atoms with Crippen LogP contribution in [0.25, 0.3) is 0 Å². The van der Waals surface area contributed by atoms with E-state index in [0.717, 1.165) is 26.3 Å². The highest BCUT2D eigenvalue weighted by atomic mass is 16.5. The standard InChI is InChI=1S/C8H11NO3/c10-7-5-8(12-6-7)9-1-3-11-4-2-9/h5H,1-4,6H2. The van der Waals surface area contributed by atoms with E-state index in [0.29, 0.717) is 5.88 Å². The minimum atomic E-state index is 0.0523. The molecule has 0 atom stereocenters. The van der Waals surface area contributed by atoms with Crippen LogP contribution < -0.4 is 0 Å². The molecule has 1 saturated heterocycles. The van der Waals surface area contributed by atoms with Crippen molar-refractivity contribution in [2.45, 2.75) is 0 Å². The van der Waals surface area contributed by atoms with Gasteiger partial charge in [0, 0.05) is 19.2 Å². The summed E-state index contributed by atoms with van der Waals surface area (Å²) in [5.41, 5.74) is 0. The smallest absolute Gasteiger partial charge is 0.198 e. The van der Waals surface area contributed by atoms with Gasteiger partial charge in [0.1, 0.15) is 0 Å². The molecule has 0 amide bonds. The van der Waals surface area contributed by atoms with Crippen molar-refractivity contribution in [3.8, 4) is 0 Å². The predicted molar refractivity (Wildman–Crippen MR) is 41.4 cm³/mol. The molecule has 0 N–H and O–H groups in total. The second-order valence-corrected chi connectivity index (χ2v) is 2.84. The van der Waals surface area contributed by atoms with Gasteiger partial charge in [0.05, 0.1) is 13.2 Å². The van der Waals surface area contributed by atoms with Crippen LogP contribution in [0, 0.1) is 0 Å². The molecule has 2 rings (SSSR count). The van der Waals surface area contributed by atoms with E-state index in [1.54, 1.807) is 6.08 Å². The molecule has 12 heavy (non-hydrogen) atoms. The highest BCUT2D eigenvalue weighted by Gasteiger charge is 2.20. The Hall–Kier alpha value is -1.03. The maximum absolute atomic E-state index is 10.8. The Morgan fingerprint density at radius 1 is 1.33 bits per heavy atom. The summed E-state index contributed by atoms with van der Waals surface area (Å²) < 4.78 is 10.4. The van der Waals surface area contributed by atoms with E-state index in [2.05, 4.69) is 0 Å². The SMILES string of the molecule is O=C1C=C(N2CCOCC2)OC1. The van der Waals surface area contributed by atoms with Crippen molar-refractivity contribution in [2.75, 3.05) is 32.9 Å². The molecule has 0 aromatic carbocycles. The minimum Gasteiger partial charge on any atom is -0.471 e. The Labute approximate surface area is 70.7 Å². The molecule has 0 saturated carbocycles. The number of rotatable bonds is 1. The van der Waals surface area contributed by atoms with Crippen LogP contribution in [0.1, 0.15) is 0 Å². The predicted octanol–water partition coefficient (Wildman–Crippen LogP) is -0.241. The van der Waals surface area contributed by atoms with Gasteiger partial charge in [0.2, 0.25) is 0 Å². The second-order valence-electron chi connectivity index (χ2n) is 2.84. The fraction of sp³-hybridized carbons (Fsp3) is 0.625. The zero-order chi connectivity index (χ0) is 8.39. The van der Waals surface area contributed by atoms with Crippen LogP contribution in [0.2, 0.25) is 0 Å². The van der Waals surface area contributed by atoms with Gasteiger partial charge >= 0.3 is 0 Å². The zero-order valence-corrected chi connectivity index (χ0v) is 6.78. The van der Waals surface area contributed by atoms with E-state index in [1.807, 2.05) is 4.90 Å². The topological polar surface area (TPSA) is 38.8 Å². The lowest BCUT2D eigenvalue weighted by atomic mass is 10.4. The minimum absolute atomic E-state index is 0.0523. The third kappa shape index (κ3) is 1.43. The molecule has 4 heteroatoms. The Bertz CT molecular complexity index is 218. The van der Waals surface area contributed by atoms with E-state index in [1.165, 1.54) is 0 Å². The summed E-state index contributed by atoms with van der Waals surface area (Å²) >= 11 is 0. The largest absolute Gasteiger partial charge is 0.471 e. The first-order valence-electron chi connectivity index (χ1n) is 4.06. The number of carbonyl (C=O) groups is 1. The van der Waals surface area contributed by atoms with Gasteiger partial charge in [-0.1, -0.05) is 0 Å². The molecule has 4 nitrogen and oxygen atoms in total. The monoisotopic (exact) mass is 169 g/mol. The van der Waals surface area contributed by atoms with Crippen LogP contribution in [0.4, 0.5) is 0 Å². The van der Waals surface area contributed by atoms with Crippen molar-refractivity contribution in [2.24, 2.45) is 0 Å². The van der Waals surface area contributed by atoms with Gasteiger partial charge in [0.15, 0.2) is 18.3 Å². The molecule has 2 heterocycles. The summed E-state index contributed by atoms with van der Waals surface area (Å²) in [4.78, 5) is 12.9. The first-order chi connectivity index (χ1) is 5.86. The molecule has 2 aliphatic heterocycles. The van der Waals surface area contributed by atoms with Crippen molar-refractivity contribution in [1.29, 1.82) is 0 Å². The highest BCUT2D eigenvalue weighted by Crippen LogP contribution is 2.13. The molecule has 0 bridgehead atoms. The quantitative estimate of drug-likeness (QED) is 0.543. The molecular formula is C8H11NO3. The summed E-state index contributed by atoms with van der Waals surface area (Å²) in [7, 11) is 0. The lowest BCUT2D eigenvalue weighted by Gasteiger charge is -2.28. The van der Waals surface area contributed by atoms with Gasteiger partial charge in [-0.15, -0.1) is 0 Å². The van der Waals surface area contributed by atoms with Gasteiger partial charge in [0.25, 0.3) is 0 Å². The van der Waals surface area contributed by atoms with Crippen molar-refractivity contribution < 1.29 is 14.3 Å². The first kappa shape index (κ1) is 7.61. The van der Waals surface area contributed by atoms with Crippen LogP contribution in [-0.4, -0.2) is 43.6 Å². The highest BCUT2D eigenvalue weighted by molar-refractivity contribution is 5.92. The molecule has 0 aromatic heterocycles. The number of nitrogens with zero attached hydrogens (tertiary/aromatic N) is 1. The van der Waals surface area contributed by atoms with E-state index in [9.17, 15) is 4.79 Å². The maximum Gasteiger partial charge on any atom is 0.198 e. The summed E-state index contributed by atoms with van der Waals surface area (Å²) in [6, 6.07) is 0. The molecule has 0 aromatic rings. The zero-order valence-electron chi connectivity index (χ0n) is 6.78. The average Bonchev–Trinajstić information content (AvgIpc) is 2.54. The second kappa shape index (κ2) is 3.15. The molecule has 0 unspecified atom stereocenters. The van der Waals surface area contributed by atoms with Crippen molar-refractivity contribution >= 4 is 5.78 Å². The first-order valence-corrected chi connectivity index (χ1v) is 4.06. The fourth-order valence-electron chi connectivity index (χ4n) is 1.33. The number of ketones is 1. The van der Waals surface area contributed by atoms with Gasteiger partial charge in [-0.05, 0) is 0 Å². The summed E-state index contributed by atoms with van der Waals surface area (Å²) in [5, 5.41) is 0. The van der Waals surface area contributed by atoms with Gasteiger partial charge < -0.3 is 14.4 Å². The number of hydrogen-bond donors (Lipinski definition) is 0. The van der Waals surface area contributed by atoms with Crippen LogP contribution in [0.15, 0.2) is 12.0 Å². The number of carbonyl (C=O) groups excluding carboxylic acids is 1. The number of hydrogen-bond acceptors (Lipinski definition) is 4. The van der Waals surface area contributed by atoms with Crippen LogP contribution >= 0.6 is 0 Å². The van der Waals surface area contributed by atoms with E-state index in [-0.39, 0.29) is 12.4 Å². The van der Waals surface area contributed by atoms with Crippen molar-refractivity contribution in [3.63, 3.8) is 0 Å². The van der Waals surface area contributed by atoms with E-state index >= 15 is 0 Å². The maximum atomic E-state index is 10.8. The number of ether oxygens (including phenoxy) is 2. The molecule has 2 aliphatic rings. The van der Waals surface area contributed by atoms with Gasteiger partial charge in [-0.3, -0.25) is 4.79 Å². The van der Waals surface area contributed by atoms with Gasteiger partial charge in [-0.2, -0.15) is 0 Å². The normalized spacial score (nSPS) is 23.8. The molecule has 0 aliphatic carbocycles. The lowest BCUT2D eigenvalue weighted by molar-refractivity contribution is -0.116. The Balaban J connectivity index is 1.99. The molecular weight excluding hydrogens is 158 g/mol. The Morgan fingerprint density at radius 3 is 2.67 bits per heavy atom. The summed E-state index contributed by atoms with van der Waals surface area (Å²) in [5.74, 6) is 0.764. The average molecular weight is 169 g/mol. The van der Waals surface area contributed by atoms with Crippen LogP contribution in [-0.2, 0) is 14.3 Å². The van der Waals surface area contributed by atoms with Crippen LogP contribution in [0.3, 0.4) is 0 Å². The fourth-order valence-corrected chi connectivity index (χ4v) is 1.33. The molecule has 0 radical (unpaired) electrons. The van der Waals surface area contributed by atoms with Crippen molar-refractivity contribution in [1.82, 2.24) is 4.90 Å². The third-order valence-corrected chi connectivity index (χ3v) is 1.97. The molecule has 0 spiro atoms. The van der Waals surface area contributed by atoms with Crippen molar-refractivity contribution in [3.05, 3.63) is 12.0 Å². The summed E-state index contributed by atoms with van der Waals surface area (Å²) in [6.07, 6.45) is 1.56. The lowest BCUT2D eigenvalue weighted by Crippen LogP contribution is -2.35. The van der Waals surface area contributed by atoms with Gasteiger partial charge in [-0.25, -0.2) is 0 Å². The van der Waals surface area contributed by atoms with E-state index in [4.69, 9.17) is 9.47 Å². The Kier molecular flexibility index (Phi) is 1.99. The third-order valence-electron chi connectivity index (χ3n) is 1.97. The number of morpholine rings is 1. The van der Waals surface area contributed by atoms with E-state index < -0.39 is 0 Å². The summed E-state index contributed by atoms with van der Waals surface area (Å²) in [6.45, 7) is 3.27. The molecule has 1 fully saturated rings. The molecule has 66 valence electrons. The Morgan fingerprint density at radius 2 is 2.08 bits per heavy atom.